The number of carbonyl (C=O) groups is 1. The molecule has 0 saturated carbocycles. The van der Waals surface area contributed by atoms with E-state index in [1.54, 1.807) is 5.38 Å². The lowest BCUT2D eigenvalue weighted by Crippen LogP contribution is -2.31. The summed E-state index contributed by atoms with van der Waals surface area (Å²) in [6.45, 7) is 1.97. The summed E-state index contributed by atoms with van der Waals surface area (Å²) in [6, 6.07) is 0.570. The first kappa shape index (κ1) is 12.3. The highest BCUT2D eigenvalue weighted by molar-refractivity contribution is 7.13. The van der Waals surface area contributed by atoms with Gasteiger partial charge in [-0.25, -0.2) is 9.78 Å². The van der Waals surface area contributed by atoms with Crippen molar-refractivity contribution in [3.8, 4) is 0 Å². The molecule has 5 nitrogen and oxygen atoms in total. The smallest absolute Gasteiger partial charge is 0.357 e. The van der Waals surface area contributed by atoms with Gasteiger partial charge in [0.1, 0.15) is 0 Å². The number of esters is 1. The van der Waals surface area contributed by atoms with Gasteiger partial charge in [-0.15, -0.1) is 11.3 Å². The van der Waals surface area contributed by atoms with Crippen LogP contribution in [0.15, 0.2) is 5.38 Å². The lowest BCUT2D eigenvalue weighted by molar-refractivity contribution is 0.0595. The normalized spacial score (nSPS) is 20.0. The lowest BCUT2D eigenvalue weighted by Gasteiger charge is -2.19. The van der Waals surface area contributed by atoms with Crippen LogP contribution in [0, 0.1) is 0 Å². The molecule has 1 saturated heterocycles. The van der Waals surface area contributed by atoms with Crippen LogP contribution < -0.4 is 4.90 Å². The molecule has 2 rings (SSSR count). The predicted octanol–water partition coefficient (Wildman–Crippen LogP) is 1.07. The molecule has 1 atom stereocenters. The second-order valence-electron chi connectivity index (χ2n) is 4.36. The number of hydrogen-bond donors (Lipinski definition) is 0. The lowest BCUT2D eigenvalue weighted by atomic mass is 10.2. The van der Waals surface area contributed by atoms with Crippen molar-refractivity contribution in [1.82, 2.24) is 9.88 Å². The van der Waals surface area contributed by atoms with Gasteiger partial charge in [0.2, 0.25) is 0 Å². The van der Waals surface area contributed by atoms with Crippen molar-refractivity contribution < 1.29 is 9.53 Å². The van der Waals surface area contributed by atoms with Gasteiger partial charge in [-0.2, -0.15) is 0 Å². The molecule has 1 aromatic heterocycles. The van der Waals surface area contributed by atoms with Gasteiger partial charge in [-0.1, -0.05) is 0 Å². The van der Waals surface area contributed by atoms with Crippen LogP contribution in [-0.4, -0.2) is 56.2 Å². The zero-order valence-corrected chi connectivity index (χ0v) is 11.2. The van der Waals surface area contributed by atoms with E-state index in [2.05, 4.69) is 33.6 Å². The SMILES string of the molecule is COC(=O)c1csc(N2CCC(N(C)C)C2)n1. The van der Waals surface area contributed by atoms with Gasteiger partial charge in [0.05, 0.1) is 7.11 Å². The van der Waals surface area contributed by atoms with Gasteiger partial charge in [0, 0.05) is 24.5 Å². The van der Waals surface area contributed by atoms with Crippen molar-refractivity contribution >= 4 is 22.4 Å². The van der Waals surface area contributed by atoms with Crippen LogP contribution in [0.1, 0.15) is 16.9 Å². The standard InChI is InChI=1S/C11H17N3O2S/c1-13(2)8-4-5-14(6-8)11-12-9(7-17-11)10(15)16-3/h7-8H,4-6H2,1-3H3. The summed E-state index contributed by atoms with van der Waals surface area (Å²) in [5, 5.41) is 2.67. The highest BCUT2D eigenvalue weighted by atomic mass is 32.1. The molecule has 0 N–H and O–H groups in total. The van der Waals surface area contributed by atoms with Gasteiger partial charge >= 0.3 is 5.97 Å². The van der Waals surface area contributed by atoms with Crippen molar-refractivity contribution in [3.63, 3.8) is 0 Å². The first-order valence-electron chi connectivity index (χ1n) is 5.57. The Bertz CT molecular complexity index is 405. The minimum absolute atomic E-state index is 0.365. The van der Waals surface area contributed by atoms with E-state index in [1.165, 1.54) is 18.4 Å². The molecule has 0 bridgehead atoms. The van der Waals surface area contributed by atoms with Gasteiger partial charge in [-0.05, 0) is 20.5 Å². The van der Waals surface area contributed by atoms with E-state index in [9.17, 15) is 4.79 Å². The van der Waals surface area contributed by atoms with Crippen LogP contribution in [0.5, 0.6) is 0 Å². The van der Waals surface area contributed by atoms with Crippen LogP contribution in [0.2, 0.25) is 0 Å². The van der Waals surface area contributed by atoms with Crippen LogP contribution in [0.4, 0.5) is 5.13 Å². The third-order valence-electron chi connectivity index (χ3n) is 3.05. The Hall–Kier alpha value is -1.14. The Kier molecular flexibility index (Phi) is 3.63. The van der Waals surface area contributed by atoms with Gasteiger partial charge < -0.3 is 14.5 Å². The minimum atomic E-state index is -0.365. The molecule has 2 heterocycles. The topological polar surface area (TPSA) is 45.7 Å². The molecule has 94 valence electrons. The van der Waals surface area contributed by atoms with Crippen molar-refractivity contribution in [3.05, 3.63) is 11.1 Å². The van der Waals surface area contributed by atoms with Crippen LogP contribution in [-0.2, 0) is 4.74 Å². The molecule has 1 unspecified atom stereocenters. The number of thiazole rings is 1. The quantitative estimate of drug-likeness (QED) is 0.756. The molecule has 1 aromatic rings. The first-order chi connectivity index (χ1) is 8.11. The fraction of sp³-hybridized carbons (Fsp3) is 0.636. The number of ether oxygens (including phenoxy) is 1. The molecule has 1 fully saturated rings. The summed E-state index contributed by atoms with van der Waals surface area (Å²) in [4.78, 5) is 20.1. The number of likely N-dealkylation sites (N-methyl/N-ethyl adjacent to an activating group) is 1. The summed E-state index contributed by atoms with van der Waals surface area (Å²) in [5.41, 5.74) is 0.404. The number of methoxy groups -OCH3 is 1. The Labute approximate surface area is 105 Å². The van der Waals surface area contributed by atoms with Gasteiger partial charge in [0.15, 0.2) is 10.8 Å². The highest BCUT2D eigenvalue weighted by Gasteiger charge is 2.26. The number of aromatic nitrogens is 1. The minimum Gasteiger partial charge on any atom is -0.464 e. The molecule has 1 aliphatic heterocycles. The summed E-state index contributed by atoms with van der Waals surface area (Å²) in [7, 11) is 5.56. The predicted molar refractivity (Wildman–Crippen MR) is 67.8 cm³/mol. The second-order valence-corrected chi connectivity index (χ2v) is 5.20. The van der Waals surface area contributed by atoms with Crippen molar-refractivity contribution in [2.24, 2.45) is 0 Å². The molecule has 0 spiro atoms. The maximum atomic E-state index is 11.3. The summed E-state index contributed by atoms with van der Waals surface area (Å²) in [5.74, 6) is -0.365. The molecule has 0 aliphatic carbocycles. The Morgan fingerprint density at radius 2 is 2.41 bits per heavy atom. The molecule has 1 aliphatic rings. The fourth-order valence-corrected chi connectivity index (χ4v) is 2.78. The Balaban J connectivity index is 2.04. The second kappa shape index (κ2) is 5.01. The zero-order valence-electron chi connectivity index (χ0n) is 10.3. The van der Waals surface area contributed by atoms with Crippen LogP contribution >= 0.6 is 11.3 Å². The molecule has 17 heavy (non-hydrogen) atoms. The third-order valence-corrected chi connectivity index (χ3v) is 3.95. The number of carbonyl (C=O) groups excluding carboxylic acids is 1. The largest absolute Gasteiger partial charge is 0.464 e. The molecule has 0 aromatic carbocycles. The first-order valence-corrected chi connectivity index (χ1v) is 6.45. The average molecular weight is 255 g/mol. The van der Waals surface area contributed by atoms with E-state index in [0.29, 0.717) is 11.7 Å². The average Bonchev–Trinajstić information content (AvgIpc) is 2.95. The fourth-order valence-electron chi connectivity index (χ4n) is 1.94. The summed E-state index contributed by atoms with van der Waals surface area (Å²) < 4.78 is 4.65. The van der Waals surface area contributed by atoms with E-state index >= 15 is 0 Å². The van der Waals surface area contributed by atoms with E-state index in [4.69, 9.17) is 0 Å². The molecular weight excluding hydrogens is 238 g/mol. The number of nitrogens with zero attached hydrogens (tertiary/aromatic N) is 3. The molecule has 6 heteroatoms. The van der Waals surface area contributed by atoms with E-state index in [0.717, 1.165) is 24.6 Å². The van der Waals surface area contributed by atoms with E-state index < -0.39 is 0 Å². The highest BCUT2D eigenvalue weighted by Crippen LogP contribution is 2.25. The summed E-state index contributed by atoms with van der Waals surface area (Å²) in [6.07, 6.45) is 1.14. The van der Waals surface area contributed by atoms with Crippen molar-refractivity contribution in [2.45, 2.75) is 12.5 Å². The zero-order chi connectivity index (χ0) is 12.4. The summed E-state index contributed by atoms with van der Waals surface area (Å²) >= 11 is 1.50. The number of hydrogen-bond acceptors (Lipinski definition) is 6. The molecular formula is C11H17N3O2S. The van der Waals surface area contributed by atoms with Crippen LogP contribution in [0.3, 0.4) is 0 Å². The van der Waals surface area contributed by atoms with Gasteiger partial charge in [0.25, 0.3) is 0 Å². The molecule has 0 radical (unpaired) electrons. The Morgan fingerprint density at radius 1 is 1.65 bits per heavy atom. The van der Waals surface area contributed by atoms with Crippen molar-refractivity contribution in [2.75, 3.05) is 39.2 Å². The Morgan fingerprint density at radius 3 is 3.00 bits per heavy atom. The number of anilines is 1. The number of rotatable bonds is 3. The maximum absolute atomic E-state index is 11.3. The van der Waals surface area contributed by atoms with Gasteiger partial charge in [-0.3, -0.25) is 0 Å². The van der Waals surface area contributed by atoms with Crippen LogP contribution in [0.25, 0.3) is 0 Å². The van der Waals surface area contributed by atoms with Crippen molar-refractivity contribution in [1.29, 1.82) is 0 Å². The maximum Gasteiger partial charge on any atom is 0.357 e. The monoisotopic (exact) mass is 255 g/mol. The van der Waals surface area contributed by atoms with E-state index in [1.807, 2.05) is 0 Å². The van der Waals surface area contributed by atoms with E-state index in [-0.39, 0.29) is 5.97 Å². The molecule has 0 amide bonds. The third kappa shape index (κ3) is 2.58.